The summed E-state index contributed by atoms with van der Waals surface area (Å²) in [6.45, 7) is 7.05. The van der Waals surface area contributed by atoms with E-state index in [0.717, 1.165) is 21.1 Å². The Balaban J connectivity index is 2.25. The van der Waals surface area contributed by atoms with E-state index in [0.29, 0.717) is 5.69 Å². The zero-order chi connectivity index (χ0) is 12.5. The minimum Gasteiger partial charge on any atom is -0.238 e. The molecule has 18 heavy (non-hydrogen) atoms. The number of aromatic nitrogens is 2. The van der Waals surface area contributed by atoms with Crippen molar-refractivity contribution in [2.24, 2.45) is 0 Å². The first kappa shape index (κ1) is 11.0. The van der Waals surface area contributed by atoms with Gasteiger partial charge in [-0.25, -0.2) is 9.53 Å². The summed E-state index contributed by atoms with van der Waals surface area (Å²) in [5.74, 6) is 0. The molecule has 0 spiro atoms. The molecule has 0 amide bonds. The molecule has 3 nitrogen and oxygen atoms in total. The van der Waals surface area contributed by atoms with Crippen LogP contribution in [0.4, 0.5) is 5.69 Å². The maximum absolute atomic E-state index is 7.05. The lowest BCUT2D eigenvalue weighted by Crippen LogP contribution is -1.95. The molecule has 0 saturated heterocycles. The van der Waals surface area contributed by atoms with Crippen LogP contribution in [0.1, 0.15) is 0 Å². The summed E-state index contributed by atoms with van der Waals surface area (Å²) in [5.41, 5.74) is 2.54. The number of benzene rings is 2. The fourth-order valence-electron chi connectivity index (χ4n) is 1.89. The molecule has 4 heteroatoms. The predicted molar refractivity (Wildman–Crippen MR) is 75.0 cm³/mol. The van der Waals surface area contributed by atoms with Gasteiger partial charge < -0.3 is 0 Å². The number of hydrogen-bond acceptors (Lipinski definition) is 1. The molecule has 0 aliphatic heterocycles. The Kier molecular flexibility index (Phi) is 2.62. The highest BCUT2D eigenvalue weighted by atomic mass is 79.9. The number of rotatable bonds is 1. The Bertz CT molecular complexity index is 768. The van der Waals surface area contributed by atoms with E-state index in [9.17, 15) is 0 Å². The van der Waals surface area contributed by atoms with Crippen molar-refractivity contribution in [1.29, 1.82) is 0 Å². The third-order valence-electron chi connectivity index (χ3n) is 2.74. The molecule has 0 unspecified atom stereocenters. The first-order chi connectivity index (χ1) is 8.78. The lowest BCUT2D eigenvalue weighted by molar-refractivity contribution is 0.911. The highest BCUT2D eigenvalue weighted by Gasteiger charge is 2.05. The van der Waals surface area contributed by atoms with Crippen LogP contribution >= 0.6 is 15.9 Å². The van der Waals surface area contributed by atoms with Crippen molar-refractivity contribution in [2.75, 3.05) is 0 Å². The molecule has 2 aromatic carbocycles. The minimum absolute atomic E-state index is 0.617. The second kappa shape index (κ2) is 4.28. The molecule has 0 radical (unpaired) electrons. The predicted octanol–water partition coefficient (Wildman–Crippen LogP) is 4.34. The van der Waals surface area contributed by atoms with Crippen LogP contribution in [0, 0.1) is 6.57 Å². The first-order valence-corrected chi connectivity index (χ1v) is 6.18. The standard InChI is InChI=1S/C14H8BrN3/c1-16-12-3-2-4-13(8-12)18-14-7-11(15)6-5-10(14)9-17-18/h2-9H. The molecule has 0 bridgehead atoms. The van der Waals surface area contributed by atoms with E-state index in [4.69, 9.17) is 6.57 Å². The van der Waals surface area contributed by atoms with E-state index in [2.05, 4.69) is 25.9 Å². The van der Waals surface area contributed by atoms with Crippen molar-refractivity contribution in [3.63, 3.8) is 0 Å². The molecule has 86 valence electrons. The average molecular weight is 298 g/mol. The molecule has 0 N–H and O–H groups in total. The van der Waals surface area contributed by atoms with Gasteiger partial charge in [0, 0.05) is 9.86 Å². The third kappa shape index (κ3) is 1.79. The van der Waals surface area contributed by atoms with Gasteiger partial charge in [-0.2, -0.15) is 5.10 Å². The van der Waals surface area contributed by atoms with Gasteiger partial charge >= 0.3 is 0 Å². The van der Waals surface area contributed by atoms with Crippen LogP contribution in [0.3, 0.4) is 0 Å². The summed E-state index contributed by atoms with van der Waals surface area (Å²) < 4.78 is 2.85. The molecule has 1 aromatic heterocycles. The Morgan fingerprint density at radius 3 is 2.89 bits per heavy atom. The van der Waals surface area contributed by atoms with E-state index >= 15 is 0 Å². The maximum atomic E-state index is 7.05. The summed E-state index contributed by atoms with van der Waals surface area (Å²) in [6, 6.07) is 13.5. The van der Waals surface area contributed by atoms with E-state index in [1.165, 1.54) is 0 Å². The van der Waals surface area contributed by atoms with Crippen LogP contribution in [-0.4, -0.2) is 9.78 Å². The van der Waals surface area contributed by atoms with Crippen LogP contribution in [-0.2, 0) is 0 Å². The van der Waals surface area contributed by atoms with Gasteiger partial charge in [-0.05, 0) is 24.3 Å². The molecule has 0 aliphatic carbocycles. The van der Waals surface area contributed by atoms with Gasteiger partial charge in [-0.1, -0.05) is 34.1 Å². The van der Waals surface area contributed by atoms with Gasteiger partial charge in [0.1, 0.15) is 0 Å². The smallest absolute Gasteiger partial charge is 0.189 e. The quantitative estimate of drug-likeness (QED) is 0.613. The number of nitrogens with zero attached hydrogens (tertiary/aromatic N) is 3. The van der Waals surface area contributed by atoms with Crippen molar-refractivity contribution in [3.8, 4) is 5.69 Å². The van der Waals surface area contributed by atoms with Crippen molar-refractivity contribution in [3.05, 3.63) is 64.6 Å². The van der Waals surface area contributed by atoms with Crippen molar-refractivity contribution in [1.82, 2.24) is 9.78 Å². The van der Waals surface area contributed by atoms with E-state index in [1.807, 2.05) is 47.3 Å². The largest absolute Gasteiger partial charge is 0.238 e. The van der Waals surface area contributed by atoms with Gasteiger partial charge in [0.2, 0.25) is 0 Å². The van der Waals surface area contributed by atoms with Crippen LogP contribution in [0.25, 0.3) is 21.4 Å². The second-order valence-electron chi connectivity index (χ2n) is 3.89. The lowest BCUT2D eigenvalue weighted by Gasteiger charge is -2.04. The molecule has 0 atom stereocenters. The Hall–Kier alpha value is -2.12. The Morgan fingerprint density at radius 2 is 2.06 bits per heavy atom. The van der Waals surface area contributed by atoms with Gasteiger partial charge in [0.05, 0.1) is 24.0 Å². The van der Waals surface area contributed by atoms with Crippen LogP contribution in [0.15, 0.2) is 53.1 Å². The van der Waals surface area contributed by atoms with E-state index in [-0.39, 0.29) is 0 Å². The summed E-state index contributed by atoms with van der Waals surface area (Å²) in [7, 11) is 0. The van der Waals surface area contributed by atoms with Crippen LogP contribution < -0.4 is 0 Å². The summed E-state index contributed by atoms with van der Waals surface area (Å²) in [5, 5.41) is 5.45. The summed E-state index contributed by atoms with van der Waals surface area (Å²) in [4.78, 5) is 3.44. The fourth-order valence-corrected chi connectivity index (χ4v) is 2.24. The Labute approximate surface area is 113 Å². The normalized spacial score (nSPS) is 10.4. The highest BCUT2D eigenvalue weighted by molar-refractivity contribution is 9.10. The van der Waals surface area contributed by atoms with Crippen LogP contribution in [0.5, 0.6) is 0 Å². The topological polar surface area (TPSA) is 22.2 Å². The molecule has 1 heterocycles. The highest BCUT2D eigenvalue weighted by Crippen LogP contribution is 2.24. The lowest BCUT2D eigenvalue weighted by atomic mass is 10.2. The van der Waals surface area contributed by atoms with Crippen molar-refractivity contribution >= 4 is 32.5 Å². The molecule has 3 rings (SSSR count). The fraction of sp³-hybridized carbons (Fsp3) is 0. The summed E-state index contributed by atoms with van der Waals surface area (Å²) in [6.07, 6.45) is 1.83. The zero-order valence-corrected chi connectivity index (χ0v) is 10.9. The van der Waals surface area contributed by atoms with Crippen molar-refractivity contribution in [2.45, 2.75) is 0 Å². The van der Waals surface area contributed by atoms with Gasteiger partial charge in [-0.15, -0.1) is 0 Å². The number of fused-ring (bicyclic) bond motifs is 1. The number of halogens is 1. The zero-order valence-electron chi connectivity index (χ0n) is 9.34. The third-order valence-corrected chi connectivity index (χ3v) is 3.23. The maximum Gasteiger partial charge on any atom is 0.189 e. The van der Waals surface area contributed by atoms with Gasteiger partial charge in [0.25, 0.3) is 0 Å². The van der Waals surface area contributed by atoms with E-state index < -0.39 is 0 Å². The Morgan fingerprint density at radius 1 is 1.17 bits per heavy atom. The second-order valence-corrected chi connectivity index (χ2v) is 4.81. The monoisotopic (exact) mass is 297 g/mol. The minimum atomic E-state index is 0.617. The molecular weight excluding hydrogens is 290 g/mol. The van der Waals surface area contributed by atoms with Gasteiger partial charge in [-0.3, -0.25) is 0 Å². The SMILES string of the molecule is [C-]#[N+]c1cccc(-n2ncc3ccc(Br)cc32)c1. The van der Waals surface area contributed by atoms with E-state index in [1.54, 1.807) is 6.07 Å². The summed E-state index contributed by atoms with van der Waals surface area (Å²) >= 11 is 3.46. The molecule has 0 saturated carbocycles. The number of hydrogen-bond donors (Lipinski definition) is 0. The molecule has 0 aliphatic rings. The molecular formula is C14H8BrN3. The van der Waals surface area contributed by atoms with Crippen molar-refractivity contribution < 1.29 is 0 Å². The molecule has 0 fully saturated rings. The average Bonchev–Trinajstić information content (AvgIpc) is 2.81. The first-order valence-electron chi connectivity index (χ1n) is 5.39. The van der Waals surface area contributed by atoms with Crippen LogP contribution in [0.2, 0.25) is 0 Å². The molecule has 3 aromatic rings. The van der Waals surface area contributed by atoms with Gasteiger partial charge in [0.15, 0.2) is 5.69 Å².